The van der Waals surface area contributed by atoms with Crippen molar-refractivity contribution in [1.82, 2.24) is 0 Å². The van der Waals surface area contributed by atoms with E-state index >= 15 is 0 Å². The summed E-state index contributed by atoms with van der Waals surface area (Å²) in [6.45, 7) is 4.01. The summed E-state index contributed by atoms with van der Waals surface area (Å²) in [5, 5.41) is 0. The topological polar surface area (TPSA) is 65.3 Å². The van der Waals surface area contributed by atoms with Crippen LogP contribution in [0.3, 0.4) is 0 Å². The highest BCUT2D eigenvalue weighted by Gasteiger charge is 2.25. The first-order valence-corrected chi connectivity index (χ1v) is 9.31. The molecule has 3 aliphatic heterocycles. The average molecular weight is 370 g/mol. The van der Waals surface area contributed by atoms with Crippen LogP contribution in [0, 0.1) is 0 Å². The standard InChI is InChI=1S/C21H22O6/c1-2-14(6-15(3-1)22-8-17-10-24-17)20-5-4-16(23-9-18-11-25-18)7-21(20)27-13-19-12-26-19/h1-7,17-19H,8-13H2. The van der Waals surface area contributed by atoms with Crippen molar-refractivity contribution in [2.24, 2.45) is 0 Å². The lowest BCUT2D eigenvalue weighted by Gasteiger charge is -2.14. The van der Waals surface area contributed by atoms with Crippen LogP contribution in [-0.2, 0) is 14.2 Å². The maximum absolute atomic E-state index is 6.03. The van der Waals surface area contributed by atoms with Gasteiger partial charge in [0, 0.05) is 11.6 Å². The lowest BCUT2D eigenvalue weighted by atomic mass is 10.0. The molecule has 3 fully saturated rings. The van der Waals surface area contributed by atoms with E-state index in [1.165, 1.54) is 0 Å². The summed E-state index contributed by atoms with van der Waals surface area (Å²) in [5.74, 6) is 2.38. The Hall–Kier alpha value is -2.28. The quantitative estimate of drug-likeness (QED) is 0.599. The largest absolute Gasteiger partial charge is 0.491 e. The zero-order valence-electron chi connectivity index (χ0n) is 15.0. The molecule has 3 unspecified atom stereocenters. The Bertz CT molecular complexity index is 795. The summed E-state index contributed by atoms with van der Waals surface area (Å²) in [6, 6.07) is 13.9. The van der Waals surface area contributed by atoms with Crippen LogP contribution >= 0.6 is 0 Å². The highest BCUT2D eigenvalue weighted by atomic mass is 16.6. The fourth-order valence-electron chi connectivity index (χ4n) is 2.76. The zero-order chi connectivity index (χ0) is 18.1. The molecule has 0 radical (unpaired) electrons. The second-order valence-corrected chi connectivity index (χ2v) is 6.98. The van der Waals surface area contributed by atoms with E-state index in [2.05, 4.69) is 6.07 Å². The molecular formula is C21H22O6. The van der Waals surface area contributed by atoms with Crippen molar-refractivity contribution in [1.29, 1.82) is 0 Å². The van der Waals surface area contributed by atoms with Crippen molar-refractivity contribution < 1.29 is 28.4 Å². The van der Waals surface area contributed by atoms with Crippen molar-refractivity contribution in [3.05, 3.63) is 42.5 Å². The van der Waals surface area contributed by atoms with Gasteiger partial charge >= 0.3 is 0 Å². The van der Waals surface area contributed by atoms with Gasteiger partial charge in [-0.2, -0.15) is 0 Å². The third kappa shape index (κ3) is 4.71. The fourth-order valence-corrected chi connectivity index (χ4v) is 2.76. The number of ether oxygens (including phenoxy) is 6. The lowest BCUT2D eigenvalue weighted by molar-refractivity contribution is 0.253. The molecule has 5 rings (SSSR count). The Morgan fingerprint density at radius 3 is 1.93 bits per heavy atom. The van der Waals surface area contributed by atoms with E-state index in [0.717, 1.165) is 48.2 Å². The van der Waals surface area contributed by atoms with Gasteiger partial charge in [0.2, 0.25) is 0 Å². The van der Waals surface area contributed by atoms with Crippen molar-refractivity contribution in [3.8, 4) is 28.4 Å². The zero-order valence-corrected chi connectivity index (χ0v) is 15.0. The van der Waals surface area contributed by atoms with Crippen molar-refractivity contribution in [2.75, 3.05) is 39.6 Å². The molecule has 6 nitrogen and oxygen atoms in total. The monoisotopic (exact) mass is 370 g/mol. The molecule has 3 atom stereocenters. The molecule has 0 aliphatic carbocycles. The predicted molar refractivity (Wildman–Crippen MR) is 97.6 cm³/mol. The van der Waals surface area contributed by atoms with Gasteiger partial charge in [0.05, 0.1) is 19.8 Å². The highest BCUT2D eigenvalue weighted by molar-refractivity contribution is 5.72. The van der Waals surface area contributed by atoms with E-state index < -0.39 is 0 Å². The molecule has 0 amide bonds. The first-order chi connectivity index (χ1) is 13.3. The Labute approximate surface area is 157 Å². The van der Waals surface area contributed by atoms with E-state index in [0.29, 0.717) is 19.8 Å². The van der Waals surface area contributed by atoms with Gasteiger partial charge in [-0.1, -0.05) is 12.1 Å². The smallest absolute Gasteiger partial charge is 0.130 e. The second-order valence-electron chi connectivity index (χ2n) is 6.98. The van der Waals surface area contributed by atoms with Gasteiger partial charge in [-0.3, -0.25) is 0 Å². The highest BCUT2D eigenvalue weighted by Crippen LogP contribution is 2.36. The van der Waals surface area contributed by atoms with Crippen LogP contribution in [-0.4, -0.2) is 58.0 Å². The summed E-state index contributed by atoms with van der Waals surface area (Å²) in [7, 11) is 0. The Morgan fingerprint density at radius 1 is 0.704 bits per heavy atom. The number of benzene rings is 2. The van der Waals surface area contributed by atoms with Gasteiger partial charge in [0.25, 0.3) is 0 Å². The van der Waals surface area contributed by atoms with Crippen LogP contribution in [0.15, 0.2) is 42.5 Å². The van der Waals surface area contributed by atoms with Gasteiger partial charge in [-0.25, -0.2) is 0 Å². The molecular weight excluding hydrogens is 348 g/mol. The predicted octanol–water partition coefficient (Wildman–Crippen LogP) is 2.69. The van der Waals surface area contributed by atoms with Crippen LogP contribution in [0.25, 0.3) is 11.1 Å². The van der Waals surface area contributed by atoms with Crippen LogP contribution in [0.1, 0.15) is 0 Å². The maximum atomic E-state index is 6.03. The Morgan fingerprint density at radius 2 is 1.30 bits per heavy atom. The van der Waals surface area contributed by atoms with Gasteiger partial charge in [-0.15, -0.1) is 0 Å². The molecule has 0 bridgehead atoms. The van der Waals surface area contributed by atoms with E-state index in [4.69, 9.17) is 28.4 Å². The summed E-state index contributed by atoms with van der Waals surface area (Å²) in [6.07, 6.45) is 0.645. The molecule has 6 heteroatoms. The first-order valence-electron chi connectivity index (χ1n) is 9.31. The van der Waals surface area contributed by atoms with Gasteiger partial charge in [0.15, 0.2) is 0 Å². The molecule has 3 aliphatic rings. The number of hydrogen-bond donors (Lipinski definition) is 0. The Kier molecular flexibility index (Phi) is 4.61. The summed E-state index contributed by atoms with van der Waals surface area (Å²) in [5.41, 5.74) is 2.03. The van der Waals surface area contributed by atoms with Crippen molar-refractivity contribution in [3.63, 3.8) is 0 Å². The summed E-state index contributed by atoms with van der Waals surface area (Å²) < 4.78 is 33.3. The van der Waals surface area contributed by atoms with E-state index in [1.807, 2.05) is 36.4 Å². The van der Waals surface area contributed by atoms with Gasteiger partial charge in [-0.05, 0) is 29.8 Å². The van der Waals surface area contributed by atoms with Crippen LogP contribution in [0.4, 0.5) is 0 Å². The normalized spacial score (nSPS) is 25.0. The molecule has 0 aromatic heterocycles. The van der Waals surface area contributed by atoms with E-state index in [1.54, 1.807) is 0 Å². The molecule has 142 valence electrons. The van der Waals surface area contributed by atoms with Crippen molar-refractivity contribution in [2.45, 2.75) is 18.3 Å². The van der Waals surface area contributed by atoms with Crippen molar-refractivity contribution >= 4 is 0 Å². The summed E-state index contributed by atoms with van der Waals surface area (Å²) >= 11 is 0. The maximum Gasteiger partial charge on any atom is 0.130 e. The van der Waals surface area contributed by atoms with Crippen LogP contribution < -0.4 is 14.2 Å². The lowest BCUT2D eigenvalue weighted by Crippen LogP contribution is -2.07. The molecule has 3 saturated heterocycles. The second kappa shape index (κ2) is 7.38. The van der Waals surface area contributed by atoms with Gasteiger partial charge < -0.3 is 28.4 Å². The number of hydrogen-bond acceptors (Lipinski definition) is 6. The molecule has 0 saturated carbocycles. The number of epoxide rings is 3. The minimum absolute atomic E-state index is 0.190. The molecule has 2 aromatic rings. The molecule has 0 spiro atoms. The Balaban J connectivity index is 1.35. The first kappa shape index (κ1) is 16.9. The number of rotatable bonds is 10. The minimum Gasteiger partial charge on any atom is -0.491 e. The van der Waals surface area contributed by atoms with E-state index in [-0.39, 0.29) is 18.3 Å². The molecule has 2 aromatic carbocycles. The molecule has 27 heavy (non-hydrogen) atoms. The molecule has 3 heterocycles. The van der Waals surface area contributed by atoms with Crippen LogP contribution in [0.2, 0.25) is 0 Å². The summed E-state index contributed by atoms with van der Waals surface area (Å²) in [4.78, 5) is 0. The third-order valence-electron chi connectivity index (χ3n) is 4.60. The van der Waals surface area contributed by atoms with Crippen LogP contribution in [0.5, 0.6) is 17.2 Å². The fraction of sp³-hybridized carbons (Fsp3) is 0.429. The molecule has 0 N–H and O–H groups in total. The SMILES string of the molecule is c1cc(OCC2CO2)cc(-c2ccc(OCC3CO3)cc2OCC2CO2)c1. The van der Waals surface area contributed by atoms with E-state index in [9.17, 15) is 0 Å². The minimum atomic E-state index is 0.190. The van der Waals surface area contributed by atoms with Gasteiger partial charge in [0.1, 0.15) is 55.4 Å². The average Bonchev–Trinajstić information content (AvgIpc) is 3.57. The third-order valence-corrected chi connectivity index (χ3v) is 4.60.